The minimum atomic E-state index is -0.386. The van der Waals surface area contributed by atoms with E-state index in [9.17, 15) is 10.1 Å². The van der Waals surface area contributed by atoms with E-state index in [0.29, 0.717) is 0 Å². The third-order valence-electron chi connectivity index (χ3n) is 1.78. The fraction of sp³-hybridized carbons (Fsp3) is 0.200. The van der Waals surface area contributed by atoms with Gasteiger partial charge in [-0.25, -0.2) is 0 Å². The Morgan fingerprint density at radius 1 is 1.43 bits per heavy atom. The molecule has 0 N–H and O–H groups in total. The lowest BCUT2D eigenvalue weighted by Gasteiger charge is -1.96. The van der Waals surface area contributed by atoms with Crippen LogP contribution in [0.5, 0.6) is 0 Å². The van der Waals surface area contributed by atoms with Gasteiger partial charge in [0.1, 0.15) is 0 Å². The molecule has 0 heterocycles. The van der Waals surface area contributed by atoms with Gasteiger partial charge in [0.15, 0.2) is 0 Å². The van der Waals surface area contributed by atoms with Gasteiger partial charge in [0, 0.05) is 17.9 Å². The summed E-state index contributed by atoms with van der Waals surface area (Å²) >= 11 is 1.65. The van der Waals surface area contributed by atoms with E-state index in [1.165, 1.54) is 6.92 Å². The van der Waals surface area contributed by atoms with Crippen molar-refractivity contribution in [2.45, 2.75) is 11.8 Å². The van der Waals surface area contributed by atoms with Crippen molar-refractivity contribution in [3.05, 3.63) is 45.6 Å². The molecule has 1 aromatic rings. The van der Waals surface area contributed by atoms with E-state index in [0.717, 1.165) is 10.5 Å². The van der Waals surface area contributed by atoms with Crippen LogP contribution in [0, 0.1) is 10.1 Å². The molecule has 0 aromatic heterocycles. The molecule has 74 valence electrons. The first-order valence-corrected chi connectivity index (χ1v) is 5.32. The first-order valence-electron chi connectivity index (χ1n) is 4.10. The molecular weight excluding hydrogens is 198 g/mol. The lowest BCUT2D eigenvalue weighted by Crippen LogP contribution is -1.92. The molecule has 0 spiro atoms. The summed E-state index contributed by atoms with van der Waals surface area (Å²) in [7, 11) is 0. The van der Waals surface area contributed by atoms with Crippen molar-refractivity contribution in [2.75, 3.05) is 6.26 Å². The highest BCUT2D eigenvalue weighted by atomic mass is 32.2. The fourth-order valence-corrected chi connectivity index (χ4v) is 1.40. The summed E-state index contributed by atoms with van der Waals surface area (Å²) in [5.74, 6) is 0. The van der Waals surface area contributed by atoms with Gasteiger partial charge in [-0.3, -0.25) is 10.1 Å². The molecule has 0 bridgehead atoms. The molecule has 0 atom stereocenters. The molecule has 1 rings (SSSR count). The van der Waals surface area contributed by atoms with Crippen LogP contribution in [0.2, 0.25) is 0 Å². The van der Waals surface area contributed by atoms with Crippen molar-refractivity contribution < 1.29 is 4.92 Å². The van der Waals surface area contributed by atoms with Crippen LogP contribution in [0.1, 0.15) is 12.5 Å². The number of allylic oxidation sites excluding steroid dienone is 1. The molecule has 3 nitrogen and oxygen atoms in total. The van der Waals surface area contributed by atoms with Crippen molar-refractivity contribution in [2.24, 2.45) is 0 Å². The van der Waals surface area contributed by atoms with Gasteiger partial charge >= 0.3 is 0 Å². The minimum Gasteiger partial charge on any atom is -0.259 e. The summed E-state index contributed by atoms with van der Waals surface area (Å²) in [5.41, 5.74) is 1.01. The fourth-order valence-electron chi connectivity index (χ4n) is 0.994. The smallest absolute Gasteiger partial charge is 0.243 e. The van der Waals surface area contributed by atoms with Crippen molar-refractivity contribution in [3.8, 4) is 0 Å². The number of thioether (sulfide) groups is 1. The third-order valence-corrected chi connectivity index (χ3v) is 2.52. The first kappa shape index (κ1) is 10.8. The normalized spacial score (nSPS) is 11.4. The maximum atomic E-state index is 10.4. The van der Waals surface area contributed by atoms with Crippen molar-refractivity contribution in [3.63, 3.8) is 0 Å². The predicted molar refractivity (Wildman–Crippen MR) is 58.9 cm³/mol. The Hall–Kier alpha value is -1.29. The Labute approximate surface area is 87.0 Å². The van der Waals surface area contributed by atoms with Crippen molar-refractivity contribution in [1.82, 2.24) is 0 Å². The number of rotatable bonds is 3. The zero-order valence-electron chi connectivity index (χ0n) is 8.06. The highest BCUT2D eigenvalue weighted by molar-refractivity contribution is 7.98. The predicted octanol–water partition coefficient (Wildman–Crippen LogP) is 3.05. The van der Waals surface area contributed by atoms with Crippen LogP contribution in [0.25, 0.3) is 6.08 Å². The molecule has 0 unspecified atom stereocenters. The highest BCUT2D eigenvalue weighted by Gasteiger charge is 2.01. The summed E-state index contributed by atoms with van der Waals surface area (Å²) in [6.45, 7) is 1.49. The van der Waals surface area contributed by atoms with Crippen LogP contribution in [0.15, 0.2) is 34.9 Å². The second kappa shape index (κ2) is 4.81. The zero-order valence-corrected chi connectivity index (χ0v) is 8.88. The zero-order chi connectivity index (χ0) is 10.6. The number of hydrogen-bond donors (Lipinski definition) is 0. The van der Waals surface area contributed by atoms with E-state index < -0.39 is 0 Å². The van der Waals surface area contributed by atoms with Gasteiger partial charge in [-0.2, -0.15) is 0 Å². The average Bonchev–Trinajstić information content (AvgIpc) is 2.19. The Kier molecular flexibility index (Phi) is 3.71. The molecule has 0 radical (unpaired) electrons. The van der Waals surface area contributed by atoms with E-state index in [4.69, 9.17) is 0 Å². The lowest BCUT2D eigenvalue weighted by molar-refractivity contribution is -0.422. The topological polar surface area (TPSA) is 43.1 Å². The molecule has 0 aliphatic rings. The molecule has 0 saturated heterocycles. The van der Waals surface area contributed by atoms with Crippen molar-refractivity contribution >= 4 is 17.8 Å². The van der Waals surface area contributed by atoms with Crippen molar-refractivity contribution in [1.29, 1.82) is 0 Å². The molecule has 0 amide bonds. The van der Waals surface area contributed by atoms with Gasteiger partial charge in [0.2, 0.25) is 5.70 Å². The molecule has 4 heteroatoms. The maximum absolute atomic E-state index is 10.4. The van der Waals surface area contributed by atoms with Gasteiger partial charge in [0.25, 0.3) is 0 Å². The molecule has 0 aliphatic carbocycles. The second-order valence-electron chi connectivity index (χ2n) is 2.82. The number of hydrogen-bond acceptors (Lipinski definition) is 3. The second-order valence-corrected chi connectivity index (χ2v) is 3.70. The van der Waals surface area contributed by atoms with Gasteiger partial charge in [-0.15, -0.1) is 11.8 Å². The van der Waals surface area contributed by atoms with Gasteiger partial charge < -0.3 is 0 Å². The van der Waals surface area contributed by atoms with E-state index in [2.05, 4.69) is 0 Å². The van der Waals surface area contributed by atoms with E-state index in [1.54, 1.807) is 17.8 Å². The maximum Gasteiger partial charge on any atom is 0.243 e. The van der Waals surface area contributed by atoms with Crippen LogP contribution in [-0.4, -0.2) is 11.2 Å². The van der Waals surface area contributed by atoms with Crippen LogP contribution in [0.4, 0.5) is 0 Å². The van der Waals surface area contributed by atoms with Gasteiger partial charge in [0.05, 0.1) is 4.92 Å². The van der Waals surface area contributed by atoms with E-state index in [-0.39, 0.29) is 10.6 Å². The van der Waals surface area contributed by atoms with Gasteiger partial charge in [-0.1, -0.05) is 12.1 Å². The summed E-state index contributed by atoms with van der Waals surface area (Å²) in [5, 5.41) is 10.4. The van der Waals surface area contributed by atoms with Crippen LogP contribution < -0.4 is 0 Å². The van der Waals surface area contributed by atoms with Crippen LogP contribution in [0.3, 0.4) is 0 Å². The highest BCUT2D eigenvalue weighted by Crippen LogP contribution is 2.16. The minimum absolute atomic E-state index is 0.155. The summed E-state index contributed by atoms with van der Waals surface area (Å²) in [6.07, 6.45) is 3.55. The Morgan fingerprint density at radius 2 is 2.00 bits per heavy atom. The van der Waals surface area contributed by atoms with Crippen LogP contribution in [-0.2, 0) is 0 Å². The Morgan fingerprint density at radius 3 is 2.43 bits per heavy atom. The first-order chi connectivity index (χ1) is 6.63. The molecule has 0 saturated carbocycles. The lowest BCUT2D eigenvalue weighted by atomic mass is 10.2. The summed E-state index contributed by atoms with van der Waals surface area (Å²) in [6, 6.07) is 7.64. The SMILES string of the molecule is CSc1ccc(C=C(C)[N+](=O)[O-])cc1. The molecule has 14 heavy (non-hydrogen) atoms. The molecule has 0 fully saturated rings. The summed E-state index contributed by atoms with van der Waals surface area (Å²) in [4.78, 5) is 11.1. The Bertz CT molecular complexity index is 357. The quantitative estimate of drug-likeness (QED) is 0.436. The van der Waals surface area contributed by atoms with E-state index in [1.807, 2.05) is 30.5 Å². The van der Waals surface area contributed by atoms with Crippen LogP contribution >= 0.6 is 11.8 Å². The average molecular weight is 209 g/mol. The van der Waals surface area contributed by atoms with Gasteiger partial charge in [-0.05, 0) is 24.0 Å². The standard InChI is InChI=1S/C10H11NO2S/c1-8(11(12)13)7-9-3-5-10(14-2)6-4-9/h3-7H,1-2H3. The number of nitrogens with zero attached hydrogens (tertiary/aromatic N) is 1. The monoisotopic (exact) mass is 209 g/mol. The Balaban J connectivity index is 2.88. The van der Waals surface area contributed by atoms with E-state index >= 15 is 0 Å². The molecular formula is C10H11NO2S. The molecule has 0 aliphatic heterocycles. The largest absolute Gasteiger partial charge is 0.259 e. The molecule has 1 aromatic carbocycles. The summed E-state index contributed by atoms with van der Waals surface area (Å²) < 4.78 is 0. The third kappa shape index (κ3) is 2.88. The number of nitro groups is 1. The number of benzene rings is 1.